The van der Waals surface area contributed by atoms with Crippen LogP contribution in [0.15, 0.2) is 126 Å². The molecule has 0 saturated carbocycles. The van der Waals surface area contributed by atoms with Gasteiger partial charge in [0.2, 0.25) is 0 Å². The summed E-state index contributed by atoms with van der Waals surface area (Å²) in [6.45, 7) is 8.27. The van der Waals surface area contributed by atoms with Gasteiger partial charge in [-0.1, -0.05) is 97.1 Å². The summed E-state index contributed by atoms with van der Waals surface area (Å²) in [6.07, 6.45) is 0. The van der Waals surface area contributed by atoms with Gasteiger partial charge in [0.25, 0.3) is 0 Å². The van der Waals surface area contributed by atoms with Crippen LogP contribution >= 0.6 is 0 Å². The third-order valence-corrected chi connectivity index (χ3v) is 9.15. The van der Waals surface area contributed by atoms with E-state index in [0.717, 1.165) is 55.2 Å². The van der Waals surface area contributed by atoms with Gasteiger partial charge in [-0.2, -0.15) is 0 Å². The van der Waals surface area contributed by atoms with Crippen molar-refractivity contribution in [2.75, 3.05) is 0 Å². The molecule has 224 valence electrons. The number of fused-ring (bicyclic) bond motifs is 3. The summed E-state index contributed by atoms with van der Waals surface area (Å²) in [4.78, 5) is 14.9. The number of hydrogen-bond acceptors (Lipinski definition) is 6. The van der Waals surface area contributed by atoms with Crippen molar-refractivity contribution >= 4 is 34.5 Å². The van der Waals surface area contributed by atoms with Crippen molar-refractivity contribution in [3.8, 4) is 45.3 Å². The highest BCUT2D eigenvalue weighted by Crippen LogP contribution is 2.38. The van der Waals surface area contributed by atoms with Gasteiger partial charge in [0.1, 0.15) is 11.2 Å². The number of aromatic nitrogens is 3. The second-order valence-corrected chi connectivity index (χ2v) is 12.8. The Hall–Kier alpha value is -5.11. The lowest BCUT2D eigenvalue weighted by Gasteiger charge is -2.32. The maximum Gasteiger partial charge on any atom is 0.494 e. The van der Waals surface area contributed by atoms with E-state index in [1.54, 1.807) is 0 Å². The first kappa shape index (κ1) is 28.4. The fourth-order valence-electron chi connectivity index (χ4n) is 5.91. The Bertz CT molecular complexity index is 2160. The molecule has 1 aliphatic rings. The quantitative estimate of drug-likeness (QED) is 0.184. The summed E-state index contributed by atoms with van der Waals surface area (Å²) < 4.78 is 19.3. The van der Waals surface area contributed by atoms with E-state index >= 15 is 0 Å². The second kappa shape index (κ2) is 10.8. The molecule has 3 heterocycles. The predicted molar refractivity (Wildman–Crippen MR) is 185 cm³/mol. The van der Waals surface area contributed by atoms with E-state index in [-0.39, 0.29) is 0 Å². The Balaban J connectivity index is 1.33. The largest absolute Gasteiger partial charge is 0.494 e. The maximum atomic E-state index is 6.53. The van der Waals surface area contributed by atoms with Crippen molar-refractivity contribution in [3.63, 3.8) is 0 Å². The van der Waals surface area contributed by atoms with Crippen molar-refractivity contribution in [1.29, 1.82) is 0 Å². The van der Waals surface area contributed by atoms with Gasteiger partial charge in [-0.25, -0.2) is 15.0 Å². The average Bonchev–Trinajstić information content (AvgIpc) is 3.56. The van der Waals surface area contributed by atoms with Crippen LogP contribution < -0.4 is 5.46 Å². The second-order valence-electron chi connectivity index (χ2n) is 12.8. The predicted octanol–water partition coefficient (Wildman–Crippen LogP) is 8.74. The Morgan fingerprint density at radius 2 is 0.978 bits per heavy atom. The van der Waals surface area contributed by atoms with Crippen LogP contribution in [0.3, 0.4) is 0 Å². The van der Waals surface area contributed by atoms with Crippen molar-refractivity contribution in [3.05, 3.63) is 121 Å². The van der Waals surface area contributed by atoms with Crippen molar-refractivity contribution in [1.82, 2.24) is 15.0 Å². The molecule has 1 saturated heterocycles. The molecule has 0 unspecified atom stereocenters. The number of para-hydroxylation sites is 1. The molecule has 46 heavy (non-hydrogen) atoms. The van der Waals surface area contributed by atoms with E-state index in [0.29, 0.717) is 17.5 Å². The zero-order valence-electron chi connectivity index (χ0n) is 26.2. The fourth-order valence-corrected chi connectivity index (χ4v) is 5.91. The minimum Gasteiger partial charge on any atom is -0.456 e. The van der Waals surface area contributed by atoms with Crippen molar-refractivity contribution < 1.29 is 13.7 Å². The average molecular weight is 602 g/mol. The van der Waals surface area contributed by atoms with Crippen LogP contribution in [0.5, 0.6) is 0 Å². The third-order valence-electron chi connectivity index (χ3n) is 9.15. The van der Waals surface area contributed by atoms with Gasteiger partial charge in [0.15, 0.2) is 17.5 Å². The van der Waals surface area contributed by atoms with E-state index in [4.69, 9.17) is 28.7 Å². The molecule has 0 bridgehead atoms. The summed E-state index contributed by atoms with van der Waals surface area (Å²) in [6, 6.07) is 40.8. The molecule has 2 aromatic heterocycles. The number of hydrogen-bond donors (Lipinski definition) is 0. The summed E-state index contributed by atoms with van der Waals surface area (Å²) in [5, 5.41) is 2.18. The topological polar surface area (TPSA) is 70.3 Å². The first-order valence-corrected chi connectivity index (χ1v) is 15.5. The third kappa shape index (κ3) is 4.98. The lowest BCUT2D eigenvalue weighted by atomic mass is 9.77. The molecule has 0 radical (unpaired) electrons. The molecular weight excluding hydrogens is 569 g/mol. The van der Waals surface area contributed by atoms with Gasteiger partial charge >= 0.3 is 7.12 Å². The minimum absolute atomic E-state index is 0.491. The standard InChI is InChI=1S/C39H32BN3O3/c1-38(2)39(3,4)46-40(45-38)30-22-28(27-19-20-32-31-17-11-12-18-33(31)44-34(32)24-27)21-29(23-30)37-42-35(25-13-7-5-8-14-25)41-36(43-37)26-15-9-6-10-16-26/h5-24H,1-4H3. The monoisotopic (exact) mass is 601 g/mol. The highest BCUT2D eigenvalue weighted by Gasteiger charge is 2.51. The lowest BCUT2D eigenvalue weighted by Crippen LogP contribution is -2.41. The van der Waals surface area contributed by atoms with Gasteiger partial charge in [0, 0.05) is 27.5 Å². The van der Waals surface area contributed by atoms with Gasteiger partial charge in [0.05, 0.1) is 11.2 Å². The van der Waals surface area contributed by atoms with Crippen molar-refractivity contribution in [2.24, 2.45) is 0 Å². The molecule has 0 N–H and O–H groups in total. The normalized spacial score (nSPS) is 15.5. The van der Waals surface area contributed by atoms with E-state index in [9.17, 15) is 0 Å². The van der Waals surface area contributed by atoms with Gasteiger partial charge < -0.3 is 13.7 Å². The van der Waals surface area contributed by atoms with Crippen LogP contribution in [0, 0.1) is 0 Å². The van der Waals surface area contributed by atoms with Crippen molar-refractivity contribution in [2.45, 2.75) is 38.9 Å². The van der Waals surface area contributed by atoms with Crippen LogP contribution in [0.4, 0.5) is 0 Å². The molecule has 6 nitrogen and oxygen atoms in total. The van der Waals surface area contributed by atoms with E-state index in [2.05, 4.69) is 70.2 Å². The van der Waals surface area contributed by atoms with E-state index < -0.39 is 18.3 Å². The summed E-state index contributed by atoms with van der Waals surface area (Å²) in [5.74, 6) is 1.78. The zero-order valence-corrected chi connectivity index (χ0v) is 26.2. The van der Waals surface area contributed by atoms with E-state index in [1.807, 2.05) is 78.9 Å². The summed E-state index contributed by atoms with van der Waals surface area (Å²) in [5.41, 5.74) is 6.26. The first-order chi connectivity index (χ1) is 22.2. The van der Waals surface area contributed by atoms with E-state index in [1.165, 1.54) is 0 Å². The Morgan fingerprint density at radius 3 is 1.61 bits per heavy atom. The molecule has 5 aromatic carbocycles. The number of benzene rings is 5. The van der Waals surface area contributed by atoms with Crippen LogP contribution in [0.25, 0.3) is 67.2 Å². The first-order valence-electron chi connectivity index (χ1n) is 15.5. The molecule has 0 spiro atoms. The van der Waals surface area contributed by atoms with Crippen LogP contribution in [0.1, 0.15) is 27.7 Å². The molecule has 8 rings (SSSR count). The van der Waals surface area contributed by atoms with Gasteiger partial charge in [-0.05, 0) is 68.6 Å². The molecule has 0 aliphatic carbocycles. The zero-order chi connectivity index (χ0) is 31.5. The fraction of sp³-hybridized carbons (Fsp3) is 0.154. The SMILES string of the molecule is CC1(C)OB(c2cc(-c3ccc4c(c3)oc3ccccc34)cc(-c3nc(-c4ccccc4)nc(-c4ccccc4)n3)c2)OC1(C)C. The van der Waals surface area contributed by atoms with Crippen LogP contribution in [-0.4, -0.2) is 33.3 Å². The Kier molecular flexibility index (Phi) is 6.64. The Labute approximate surface area is 268 Å². The molecule has 7 heteroatoms. The summed E-state index contributed by atoms with van der Waals surface area (Å²) in [7, 11) is -0.567. The van der Waals surface area contributed by atoms with Crippen LogP contribution in [-0.2, 0) is 9.31 Å². The molecule has 1 aliphatic heterocycles. The molecule has 1 fully saturated rings. The minimum atomic E-state index is -0.567. The summed E-state index contributed by atoms with van der Waals surface area (Å²) >= 11 is 0. The van der Waals surface area contributed by atoms with Crippen LogP contribution in [0.2, 0.25) is 0 Å². The number of nitrogens with zero attached hydrogens (tertiary/aromatic N) is 3. The highest BCUT2D eigenvalue weighted by atomic mass is 16.7. The Morgan fingerprint density at radius 1 is 0.457 bits per heavy atom. The maximum absolute atomic E-state index is 6.53. The molecule has 0 amide bonds. The smallest absolute Gasteiger partial charge is 0.456 e. The lowest BCUT2D eigenvalue weighted by molar-refractivity contribution is 0.00578. The van der Waals surface area contributed by atoms with Gasteiger partial charge in [-0.3, -0.25) is 0 Å². The highest BCUT2D eigenvalue weighted by molar-refractivity contribution is 6.62. The number of furan rings is 1. The molecular formula is C39H32BN3O3. The molecule has 0 atom stereocenters. The van der Waals surface area contributed by atoms with Gasteiger partial charge in [-0.15, -0.1) is 0 Å². The molecule has 7 aromatic rings. The number of rotatable bonds is 5.